The second-order valence-electron chi connectivity index (χ2n) is 4.85. The molecule has 1 saturated heterocycles. The molecule has 1 fully saturated rings. The van der Waals surface area contributed by atoms with E-state index in [1.54, 1.807) is 0 Å². The van der Waals surface area contributed by atoms with Gasteiger partial charge < -0.3 is 9.64 Å². The van der Waals surface area contributed by atoms with Crippen LogP contribution in [-0.2, 0) is 17.7 Å². The van der Waals surface area contributed by atoms with E-state index in [4.69, 9.17) is 9.72 Å². The van der Waals surface area contributed by atoms with Gasteiger partial charge in [0.1, 0.15) is 0 Å². The zero-order valence-corrected chi connectivity index (χ0v) is 10.9. The van der Waals surface area contributed by atoms with Gasteiger partial charge in [-0.3, -0.25) is 9.97 Å². The minimum atomic E-state index is 0.434. The van der Waals surface area contributed by atoms with E-state index in [-0.39, 0.29) is 0 Å². The standard InChI is InChI=1S/C13H21N3O/c1-4-11-7-14-13(10-5-6-17-9-10)12(15-11)8-16(2)3/h7,10H,4-6,8-9H2,1-3H3. The Morgan fingerprint density at radius 1 is 1.47 bits per heavy atom. The van der Waals surface area contributed by atoms with E-state index < -0.39 is 0 Å². The van der Waals surface area contributed by atoms with Gasteiger partial charge in [0, 0.05) is 25.3 Å². The number of aryl methyl sites for hydroxylation is 1. The van der Waals surface area contributed by atoms with Crippen LogP contribution in [0.15, 0.2) is 6.20 Å². The lowest BCUT2D eigenvalue weighted by Crippen LogP contribution is -2.17. The van der Waals surface area contributed by atoms with E-state index in [0.29, 0.717) is 5.92 Å². The second-order valence-corrected chi connectivity index (χ2v) is 4.85. The fourth-order valence-corrected chi connectivity index (χ4v) is 2.16. The Bertz CT molecular complexity index is 373. The lowest BCUT2D eigenvalue weighted by molar-refractivity contribution is 0.193. The molecule has 0 bridgehead atoms. The van der Waals surface area contributed by atoms with Crippen LogP contribution in [0.1, 0.15) is 36.3 Å². The van der Waals surface area contributed by atoms with E-state index in [2.05, 4.69) is 30.9 Å². The molecule has 1 atom stereocenters. The van der Waals surface area contributed by atoms with Crippen LogP contribution in [0.25, 0.3) is 0 Å². The Hall–Kier alpha value is -1.00. The molecule has 1 aromatic heterocycles. The van der Waals surface area contributed by atoms with Crippen molar-refractivity contribution in [1.29, 1.82) is 0 Å². The fourth-order valence-electron chi connectivity index (χ4n) is 2.16. The summed E-state index contributed by atoms with van der Waals surface area (Å²) in [6.45, 7) is 4.61. The highest BCUT2D eigenvalue weighted by molar-refractivity contribution is 5.19. The second kappa shape index (κ2) is 5.56. The van der Waals surface area contributed by atoms with Crippen LogP contribution in [0.3, 0.4) is 0 Å². The number of rotatable bonds is 4. The van der Waals surface area contributed by atoms with E-state index >= 15 is 0 Å². The minimum absolute atomic E-state index is 0.434. The zero-order valence-electron chi connectivity index (χ0n) is 10.9. The van der Waals surface area contributed by atoms with E-state index in [9.17, 15) is 0 Å². The van der Waals surface area contributed by atoms with Crippen molar-refractivity contribution in [3.8, 4) is 0 Å². The van der Waals surface area contributed by atoms with E-state index in [0.717, 1.165) is 49.7 Å². The molecule has 0 radical (unpaired) electrons. The van der Waals surface area contributed by atoms with Gasteiger partial charge in [-0.1, -0.05) is 6.92 Å². The number of hydrogen-bond acceptors (Lipinski definition) is 4. The summed E-state index contributed by atoms with van der Waals surface area (Å²) in [5.74, 6) is 0.434. The van der Waals surface area contributed by atoms with Gasteiger partial charge in [-0.05, 0) is 26.9 Å². The molecule has 2 rings (SSSR count). The maximum atomic E-state index is 5.45. The van der Waals surface area contributed by atoms with E-state index in [1.807, 2.05) is 6.20 Å². The summed E-state index contributed by atoms with van der Waals surface area (Å²) in [7, 11) is 4.13. The maximum Gasteiger partial charge on any atom is 0.0765 e. The highest BCUT2D eigenvalue weighted by atomic mass is 16.5. The lowest BCUT2D eigenvalue weighted by Gasteiger charge is -2.16. The third-order valence-electron chi connectivity index (χ3n) is 3.07. The van der Waals surface area contributed by atoms with Gasteiger partial charge in [-0.2, -0.15) is 0 Å². The van der Waals surface area contributed by atoms with Crippen LogP contribution in [-0.4, -0.2) is 42.2 Å². The molecular weight excluding hydrogens is 214 g/mol. The Balaban J connectivity index is 2.28. The Morgan fingerprint density at radius 2 is 2.29 bits per heavy atom. The molecule has 0 aliphatic carbocycles. The van der Waals surface area contributed by atoms with Gasteiger partial charge in [-0.25, -0.2) is 0 Å². The summed E-state index contributed by atoms with van der Waals surface area (Å²) in [6.07, 6.45) is 3.92. The fraction of sp³-hybridized carbons (Fsp3) is 0.692. The average molecular weight is 235 g/mol. The van der Waals surface area contributed by atoms with Crippen LogP contribution >= 0.6 is 0 Å². The van der Waals surface area contributed by atoms with Gasteiger partial charge in [0.15, 0.2) is 0 Å². The first-order valence-electron chi connectivity index (χ1n) is 6.28. The van der Waals surface area contributed by atoms with Crippen molar-refractivity contribution in [2.75, 3.05) is 27.3 Å². The molecule has 2 heterocycles. The molecule has 1 unspecified atom stereocenters. The van der Waals surface area contributed by atoms with E-state index in [1.165, 1.54) is 0 Å². The first-order valence-corrected chi connectivity index (χ1v) is 6.28. The summed E-state index contributed by atoms with van der Waals surface area (Å²) in [5.41, 5.74) is 3.32. The van der Waals surface area contributed by atoms with Crippen LogP contribution in [0.4, 0.5) is 0 Å². The molecule has 1 aliphatic heterocycles. The number of ether oxygens (including phenoxy) is 1. The summed E-state index contributed by atoms with van der Waals surface area (Å²) >= 11 is 0. The van der Waals surface area contributed by atoms with Crippen LogP contribution in [0, 0.1) is 0 Å². The molecule has 4 heteroatoms. The van der Waals surface area contributed by atoms with Crippen molar-refractivity contribution >= 4 is 0 Å². The number of hydrogen-bond donors (Lipinski definition) is 0. The van der Waals surface area contributed by atoms with Gasteiger partial charge in [0.05, 0.1) is 23.7 Å². The topological polar surface area (TPSA) is 38.2 Å². The summed E-state index contributed by atoms with van der Waals surface area (Å²) in [6, 6.07) is 0. The predicted octanol–water partition coefficient (Wildman–Crippen LogP) is 1.60. The van der Waals surface area contributed by atoms with Crippen LogP contribution < -0.4 is 0 Å². The third kappa shape index (κ3) is 3.01. The number of nitrogens with zero attached hydrogens (tertiary/aromatic N) is 3. The van der Waals surface area contributed by atoms with Crippen LogP contribution in [0.2, 0.25) is 0 Å². The highest BCUT2D eigenvalue weighted by Gasteiger charge is 2.23. The summed E-state index contributed by atoms with van der Waals surface area (Å²) < 4.78 is 5.45. The zero-order chi connectivity index (χ0) is 12.3. The smallest absolute Gasteiger partial charge is 0.0765 e. The molecule has 1 aromatic rings. The van der Waals surface area contributed by atoms with Crippen molar-refractivity contribution in [2.45, 2.75) is 32.2 Å². The van der Waals surface area contributed by atoms with Crippen molar-refractivity contribution in [1.82, 2.24) is 14.9 Å². The quantitative estimate of drug-likeness (QED) is 0.794. The molecule has 0 amide bonds. The first kappa shape index (κ1) is 12.5. The molecule has 94 valence electrons. The van der Waals surface area contributed by atoms with Gasteiger partial charge in [0.2, 0.25) is 0 Å². The SMILES string of the molecule is CCc1cnc(C2CCOC2)c(CN(C)C)n1. The molecule has 4 nitrogen and oxygen atoms in total. The van der Waals surface area contributed by atoms with Gasteiger partial charge in [-0.15, -0.1) is 0 Å². The molecule has 0 aromatic carbocycles. The van der Waals surface area contributed by atoms with Gasteiger partial charge in [0.25, 0.3) is 0 Å². The van der Waals surface area contributed by atoms with Gasteiger partial charge >= 0.3 is 0 Å². The minimum Gasteiger partial charge on any atom is -0.381 e. The van der Waals surface area contributed by atoms with Crippen LogP contribution in [0.5, 0.6) is 0 Å². The third-order valence-corrected chi connectivity index (χ3v) is 3.07. The highest BCUT2D eigenvalue weighted by Crippen LogP contribution is 2.26. The molecule has 0 N–H and O–H groups in total. The van der Waals surface area contributed by atoms with Crippen molar-refractivity contribution in [3.63, 3.8) is 0 Å². The predicted molar refractivity (Wildman–Crippen MR) is 67.0 cm³/mol. The average Bonchev–Trinajstić information content (AvgIpc) is 2.81. The van der Waals surface area contributed by atoms with Crippen molar-refractivity contribution in [3.05, 3.63) is 23.3 Å². The molecule has 1 aliphatic rings. The molecular formula is C13H21N3O. The van der Waals surface area contributed by atoms with Crippen molar-refractivity contribution in [2.24, 2.45) is 0 Å². The molecule has 0 spiro atoms. The molecule has 17 heavy (non-hydrogen) atoms. The Morgan fingerprint density at radius 3 is 2.88 bits per heavy atom. The summed E-state index contributed by atoms with van der Waals surface area (Å²) in [4.78, 5) is 11.5. The number of aromatic nitrogens is 2. The Kier molecular flexibility index (Phi) is 4.07. The Labute approximate surface area is 103 Å². The summed E-state index contributed by atoms with van der Waals surface area (Å²) in [5, 5.41) is 0. The largest absolute Gasteiger partial charge is 0.381 e. The lowest BCUT2D eigenvalue weighted by atomic mass is 10.0. The normalized spacial score (nSPS) is 20.1. The first-order chi connectivity index (χ1) is 8.20. The van der Waals surface area contributed by atoms with Crippen molar-refractivity contribution < 1.29 is 4.74 Å². The molecule has 0 saturated carbocycles. The monoisotopic (exact) mass is 235 g/mol. The maximum absolute atomic E-state index is 5.45.